The zero-order valence-corrected chi connectivity index (χ0v) is 17.8. The SMILES string of the molecule is CCCNC(=O)C1CCCN(c2nc3ccsc3c(=O)n2Cc2ccc(F)cc2)C1. The number of hydrogen-bond acceptors (Lipinski definition) is 5. The molecule has 0 saturated carbocycles. The number of nitrogens with zero attached hydrogens (tertiary/aromatic N) is 3. The van der Waals surface area contributed by atoms with Gasteiger partial charge < -0.3 is 10.2 Å². The maximum Gasteiger partial charge on any atom is 0.273 e. The predicted octanol–water partition coefficient (Wildman–Crippen LogP) is 3.39. The van der Waals surface area contributed by atoms with Gasteiger partial charge in [-0.05, 0) is 48.4 Å². The first-order chi connectivity index (χ1) is 14.6. The predicted molar refractivity (Wildman–Crippen MR) is 118 cm³/mol. The molecule has 1 atom stereocenters. The van der Waals surface area contributed by atoms with Crippen LogP contribution in [0.1, 0.15) is 31.7 Å². The number of rotatable bonds is 6. The van der Waals surface area contributed by atoms with Gasteiger partial charge in [-0.2, -0.15) is 0 Å². The summed E-state index contributed by atoms with van der Waals surface area (Å²) in [4.78, 5) is 32.6. The van der Waals surface area contributed by atoms with Gasteiger partial charge in [-0.15, -0.1) is 11.3 Å². The molecule has 0 radical (unpaired) electrons. The molecule has 1 aliphatic heterocycles. The lowest BCUT2D eigenvalue weighted by Crippen LogP contribution is -2.45. The van der Waals surface area contributed by atoms with E-state index in [0.29, 0.717) is 35.8 Å². The van der Waals surface area contributed by atoms with E-state index in [-0.39, 0.29) is 23.2 Å². The Bertz CT molecular complexity index is 1090. The molecule has 1 saturated heterocycles. The standard InChI is InChI=1S/C22H25FN4O2S/c1-2-10-24-20(28)16-4-3-11-26(14-16)22-25-18-9-12-30-19(18)21(29)27(22)13-15-5-7-17(23)8-6-15/h5-9,12,16H,2-4,10-11,13-14H2,1H3,(H,24,28). The van der Waals surface area contributed by atoms with Crippen molar-refractivity contribution in [3.8, 4) is 0 Å². The number of aromatic nitrogens is 2. The molecule has 1 N–H and O–H groups in total. The van der Waals surface area contributed by atoms with Crippen LogP contribution in [0.4, 0.5) is 10.3 Å². The van der Waals surface area contributed by atoms with Crippen molar-refractivity contribution in [2.75, 3.05) is 24.5 Å². The molecule has 0 spiro atoms. The molecule has 1 aliphatic rings. The fourth-order valence-corrected chi connectivity index (χ4v) is 4.63. The van der Waals surface area contributed by atoms with E-state index < -0.39 is 0 Å². The zero-order chi connectivity index (χ0) is 21.1. The summed E-state index contributed by atoms with van der Waals surface area (Å²) in [7, 11) is 0. The fourth-order valence-electron chi connectivity index (χ4n) is 3.85. The summed E-state index contributed by atoms with van der Waals surface area (Å²) < 4.78 is 15.6. The summed E-state index contributed by atoms with van der Waals surface area (Å²) in [6, 6.07) is 8.00. The molecule has 1 unspecified atom stereocenters. The summed E-state index contributed by atoms with van der Waals surface area (Å²) >= 11 is 1.37. The molecule has 3 aromatic rings. The van der Waals surface area contributed by atoms with Crippen LogP contribution in [0.15, 0.2) is 40.5 Å². The van der Waals surface area contributed by atoms with E-state index in [9.17, 15) is 14.0 Å². The number of carbonyl (C=O) groups excluding carboxylic acids is 1. The van der Waals surface area contributed by atoms with E-state index in [1.54, 1.807) is 16.7 Å². The number of benzene rings is 1. The van der Waals surface area contributed by atoms with Crippen LogP contribution >= 0.6 is 11.3 Å². The lowest BCUT2D eigenvalue weighted by molar-refractivity contribution is -0.125. The average Bonchev–Trinajstić information content (AvgIpc) is 3.24. The number of halogens is 1. The number of anilines is 1. The number of thiophene rings is 1. The van der Waals surface area contributed by atoms with Crippen LogP contribution in [0.5, 0.6) is 0 Å². The highest BCUT2D eigenvalue weighted by atomic mass is 32.1. The smallest absolute Gasteiger partial charge is 0.273 e. The first kappa shape index (κ1) is 20.5. The molecule has 0 aliphatic carbocycles. The summed E-state index contributed by atoms with van der Waals surface area (Å²) in [5.74, 6) is 0.198. The lowest BCUT2D eigenvalue weighted by Gasteiger charge is -2.34. The summed E-state index contributed by atoms with van der Waals surface area (Å²) in [6.07, 6.45) is 2.59. The van der Waals surface area contributed by atoms with Crippen LogP contribution in [-0.2, 0) is 11.3 Å². The van der Waals surface area contributed by atoms with Gasteiger partial charge in [-0.1, -0.05) is 19.1 Å². The maximum atomic E-state index is 13.3. The van der Waals surface area contributed by atoms with Crippen LogP contribution in [0.25, 0.3) is 10.2 Å². The van der Waals surface area contributed by atoms with Crippen molar-refractivity contribution < 1.29 is 9.18 Å². The average molecular weight is 429 g/mol. The van der Waals surface area contributed by atoms with Crippen molar-refractivity contribution in [3.63, 3.8) is 0 Å². The third kappa shape index (κ3) is 4.23. The summed E-state index contributed by atoms with van der Waals surface area (Å²) in [5, 5.41) is 4.85. The number of nitrogens with one attached hydrogen (secondary N) is 1. The molecule has 158 valence electrons. The second-order valence-electron chi connectivity index (χ2n) is 7.64. The third-order valence-corrected chi connectivity index (χ3v) is 6.32. The Morgan fingerprint density at radius 2 is 2.10 bits per heavy atom. The Balaban J connectivity index is 1.69. The molecular formula is C22H25FN4O2S. The third-order valence-electron chi connectivity index (χ3n) is 5.42. The number of hydrogen-bond donors (Lipinski definition) is 1. The van der Waals surface area contributed by atoms with E-state index >= 15 is 0 Å². The Kier molecular flexibility index (Phi) is 6.13. The van der Waals surface area contributed by atoms with Gasteiger partial charge in [-0.25, -0.2) is 9.37 Å². The van der Waals surface area contributed by atoms with Crippen LogP contribution in [-0.4, -0.2) is 35.1 Å². The molecule has 30 heavy (non-hydrogen) atoms. The Morgan fingerprint density at radius 1 is 1.30 bits per heavy atom. The molecule has 6 nitrogen and oxygen atoms in total. The number of piperidine rings is 1. The first-order valence-corrected chi connectivity index (χ1v) is 11.2. The number of carbonyl (C=O) groups is 1. The molecule has 1 fully saturated rings. The van der Waals surface area contributed by atoms with Crippen molar-refractivity contribution in [1.29, 1.82) is 0 Å². The van der Waals surface area contributed by atoms with Crippen LogP contribution in [0.3, 0.4) is 0 Å². The van der Waals surface area contributed by atoms with Gasteiger partial charge in [0.1, 0.15) is 10.5 Å². The van der Waals surface area contributed by atoms with Crippen LogP contribution in [0, 0.1) is 11.7 Å². The van der Waals surface area contributed by atoms with Crippen LogP contribution < -0.4 is 15.8 Å². The van der Waals surface area contributed by atoms with E-state index in [4.69, 9.17) is 4.98 Å². The molecule has 2 aromatic heterocycles. The van der Waals surface area contributed by atoms with Crippen LogP contribution in [0.2, 0.25) is 0 Å². The first-order valence-electron chi connectivity index (χ1n) is 10.3. The highest BCUT2D eigenvalue weighted by Crippen LogP contribution is 2.25. The van der Waals surface area contributed by atoms with Gasteiger partial charge in [0.2, 0.25) is 11.9 Å². The van der Waals surface area contributed by atoms with Gasteiger partial charge in [0, 0.05) is 19.6 Å². The zero-order valence-electron chi connectivity index (χ0n) is 16.9. The molecule has 1 aromatic carbocycles. The molecule has 3 heterocycles. The number of fused-ring (bicyclic) bond motifs is 1. The Labute approximate surface area is 178 Å². The van der Waals surface area contributed by atoms with Crippen molar-refractivity contribution in [2.45, 2.75) is 32.7 Å². The van der Waals surface area contributed by atoms with Crippen molar-refractivity contribution in [2.24, 2.45) is 5.92 Å². The second kappa shape index (κ2) is 8.95. The normalized spacial score (nSPS) is 16.7. The van der Waals surface area contributed by atoms with Gasteiger partial charge >= 0.3 is 0 Å². The monoisotopic (exact) mass is 428 g/mol. The van der Waals surface area contributed by atoms with Crippen molar-refractivity contribution >= 4 is 33.4 Å². The molecular weight excluding hydrogens is 403 g/mol. The minimum absolute atomic E-state index is 0.0607. The Morgan fingerprint density at radius 3 is 2.87 bits per heavy atom. The highest BCUT2D eigenvalue weighted by molar-refractivity contribution is 7.17. The van der Waals surface area contributed by atoms with Crippen molar-refractivity contribution in [1.82, 2.24) is 14.9 Å². The summed E-state index contributed by atoms with van der Waals surface area (Å²) in [6.45, 7) is 4.27. The minimum atomic E-state index is -0.310. The fraction of sp³-hybridized carbons (Fsp3) is 0.409. The minimum Gasteiger partial charge on any atom is -0.356 e. The van der Waals surface area contributed by atoms with Gasteiger partial charge in [0.25, 0.3) is 5.56 Å². The Hall–Kier alpha value is -2.74. The molecule has 0 bridgehead atoms. The maximum absolute atomic E-state index is 13.3. The molecule has 4 rings (SSSR count). The van der Waals surface area contributed by atoms with E-state index in [1.165, 1.54) is 23.5 Å². The quantitative estimate of drug-likeness (QED) is 0.654. The highest BCUT2D eigenvalue weighted by Gasteiger charge is 2.28. The van der Waals surface area contributed by atoms with Crippen molar-refractivity contribution in [3.05, 3.63) is 57.4 Å². The van der Waals surface area contributed by atoms with E-state index in [2.05, 4.69) is 5.32 Å². The van der Waals surface area contributed by atoms with E-state index in [0.717, 1.165) is 31.4 Å². The summed E-state index contributed by atoms with van der Waals surface area (Å²) in [5.41, 5.74) is 1.39. The largest absolute Gasteiger partial charge is 0.356 e. The topological polar surface area (TPSA) is 67.2 Å². The van der Waals surface area contributed by atoms with Gasteiger partial charge in [0.15, 0.2) is 0 Å². The van der Waals surface area contributed by atoms with Gasteiger partial charge in [0.05, 0.1) is 18.0 Å². The lowest BCUT2D eigenvalue weighted by atomic mass is 9.97. The second-order valence-corrected chi connectivity index (χ2v) is 8.56. The van der Waals surface area contributed by atoms with E-state index in [1.807, 2.05) is 23.3 Å². The molecule has 1 amide bonds. The molecule has 8 heteroatoms. The number of amides is 1. The van der Waals surface area contributed by atoms with Gasteiger partial charge in [-0.3, -0.25) is 14.2 Å².